The van der Waals surface area contributed by atoms with Crippen molar-refractivity contribution in [1.82, 2.24) is 10.1 Å². The summed E-state index contributed by atoms with van der Waals surface area (Å²) in [6.45, 7) is 3.65. The van der Waals surface area contributed by atoms with Crippen molar-refractivity contribution in [1.29, 1.82) is 0 Å². The number of nitrogens with zero attached hydrogens (tertiary/aromatic N) is 2. The minimum Gasteiger partial charge on any atom is -0.360 e. The topological polar surface area (TPSA) is 101 Å². The Morgan fingerprint density at radius 3 is 2.68 bits per heavy atom. The number of thioether (sulfide) groups is 1. The zero-order valence-electron chi connectivity index (χ0n) is 15.7. The summed E-state index contributed by atoms with van der Waals surface area (Å²) >= 11 is 1.30. The number of aryl methyl sites for hydroxylation is 1. The van der Waals surface area contributed by atoms with Gasteiger partial charge in [0.25, 0.3) is 0 Å². The molecular weight excluding hydrogens is 400 g/mol. The highest BCUT2D eigenvalue weighted by Crippen LogP contribution is 2.32. The van der Waals surface area contributed by atoms with E-state index >= 15 is 0 Å². The number of carbonyl (C=O) groups excluding carboxylic acids is 2. The zero-order valence-corrected chi connectivity index (χ0v) is 17.3. The Kier molecular flexibility index (Phi) is 8.35. The molecule has 2 heterocycles. The summed E-state index contributed by atoms with van der Waals surface area (Å²) < 4.78 is 4.90. The number of aromatic nitrogens is 1. The molecule has 1 saturated heterocycles. The number of anilines is 1. The lowest BCUT2D eigenvalue weighted by atomic mass is 9.89. The fraction of sp³-hybridized carbons (Fsp3) is 0.421. The van der Waals surface area contributed by atoms with Gasteiger partial charge in [-0.25, -0.2) is 0 Å². The van der Waals surface area contributed by atoms with Crippen LogP contribution in [-0.4, -0.2) is 53.0 Å². The number of nitrogens with two attached hydrogens (primary N) is 1. The average molecular weight is 425 g/mol. The molecule has 2 amide bonds. The van der Waals surface area contributed by atoms with Gasteiger partial charge in [0.15, 0.2) is 5.82 Å². The fourth-order valence-corrected chi connectivity index (χ4v) is 4.03. The van der Waals surface area contributed by atoms with Gasteiger partial charge in [0, 0.05) is 25.1 Å². The van der Waals surface area contributed by atoms with Crippen LogP contribution in [0.5, 0.6) is 0 Å². The summed E-state index contributed by atoms with van der Waals surface area (Å²) in [5.41, 5.74) is 7.15. The van der Waals surface area contributed by atoms with E-state index in [0.717, 1.165) is 0 Å². The molecule has 1 aliphatic heterocycles. The van der Waals surface area contributed by atoms with Crippen molar-refractivity contribution in [3.05, 3.63) is 47.7 Å². The first-order valence-corrected chi connectivity index (χ1v) is 10.1. The van der Waals surface area contributed by atoms with Crippen molar-refractivity contribution in [3.63, 3.8) is 0 Å². The second-order valence-electron chi connectivity index (χ2n) is 6.68. The third-order valence-corrected chi connectivity index (χ3v) is 5.60. The first-order chi connectivity index (χ1) is 13.1. The maximum Gasteiger partial charge on any atom is 0.235 e. The predicted molar refractivity (Wildman–Crippen MR) is 113 cm³/mol. The van der Waals surface area contributed by atoms with Gasteiger partial charge in [0.05, 0.1) is 11.5 Å². The van der Waals surface area contributed by atoms with E-state index in [1.54, 1.807) is 13.0 Å². The van der Waals surface area contributed by atoms with Gasteiger partial charge in [-0.15, -0.1) is 24.2 Å². The molecule has 2 atom stereocenters. The van der Waals surface area contributed by atoms with E-state index in [2.05, 4.69) is 22.6 Å². The largest absolute Gasteiger partial charge is 0.360 e. The number of hydrogen-bond donors (Lipinski definition) is 2. The van der Waals surface area contributed by atoms with Gasteiger partial charge < -0.3 is 20.5 Å². The van der Waals surface area contributed by atoms with Crippen LogP contribution in [0.1, 0.15) is 17.2 Å². The first-order valence-electron chi connectivity index (χ1n) is 8.90. The molecule has 152 valence electrons. The highest BCUT2D eigenvalue weighted by molar-refractivity contribution is 8.00. The van der Waals surface area contributed by atoms with Crippen LogP contribution < -0.4 is 11.1 Å². The molecule has 0 unspecified atom stereocenters. The number of rotatable bonds is 7. The number of halogens is 1. The molecule has 28 heavy (non-hydrogen) atoms. The van der Waals surface area contributed by atoms with E-state index in [0.29, 0.717) is 31.2 Å². The molecule has 9 heteroatoms. The van der Waals surface area contributed by atoms with Crippen molar-refractivity contribution in [2.75, 3.05) is 36.5 Å². The molecule has 0 bridgehead atoms. The summed E-state index contributed by atoms with van der Waals surface area (Å²) in [4.78, 5) is 26.3. The smallest absolute Gasteiger partial charge is 0.235 e. The normalized spacial score (nSPS) is 18.6. The number of amides is 2. The van der Waals surface area contributed by atoms with E-state index in [1.165, 1.54) is 17.3 Å². The summed E-state index contributed by atoms with van der Waals surface area (Å²) in [6.07, 6.45) is 0. The Morgan fingerprint density at radius 1 is 1.29 bits per heavy atom. The quantitative estimate of drug-likeness (QED) is 0.707. The Balaban J connectivity index is 0.00000280. The zero-order chi connectivity index (χ0) is 19.2. The van der Waals surface area contributed by atoms with Crippen molar-refractivity contribution in [2.24, 2.45) is 11.7 Å². The predicted octanol–water partition coefficient (Wildman–Crippen LogP) is 2.28. The SMILES string of the molecule is Cc1cc(NC(=O)CSCC(=O)N2C[C@@H](CN)[C@H](c3ccccc3)C2)no1.Cl. The summed E-state index contributed by atoms with van der Waals surface area (Å²) in [5.74, 6) is 1.85. The number of likely N-dealkylation sites (tertiary alicyclic amines) is 1. The third kappa shape index (κ3) is 5.73. The molecule has 0 spiro atoms. The molecule has 0 aliphatic carbocycles. The van der Waals surface area contributed by atoms with Crippen LogP contribution >= 0.6 is 24.2 Å². The molecule has 3 N–H and O–H groups in total. The Hall–Kier alpha value is -2.03. The summed E-state index contributed by atoms with van der Waals surface area (Å²) in [7, 11) is 0. The summed E-state index contributed by atoms with van der Waals surface area (Å²) in [6, 6.07) is 11.8. The maximum absolute atomic E-state index is 12.5. The van der Waals surface area contributed by atoms with E-state index in [4.69, 9.17) is 10.3 Å². The van der Waals surface area contributed by atoms with Gasteiger partial charge in [0.2, 0.25) is 11.8 Å². The van der Waals surface area contributed by atoms with Crippen molar-refractivity contribution >= 4 is 41.8 Å². The average Bonchev–Trinajstić information content (AvgIpc) is 3.28. The summed E-state index contributed by atoms with van der Waals surface area (Å²) in [5, 5.41) is 6.36. The number of nitrogens with one attached hydrogen (secondary N) is 1. The lowest BCUT2D eigenvalue weighted by Crippen LogP contribution is -2.31. The van der Waals surface area contributed by atoms with E-state index < -0.39 is 0 Å². The Bertz CT molecular complexity index is 786. The highest BCUT2D eigenvalue weighted by Gasteiger charge is 2.35. The van der Waals surface area contributed by atoms with E-state index in [-0.39, 0.29) is 47.6 Å². The van der Waals surface area contributed by atoms with E-state index in [9.17, 15) is 9.59 Å². The molecule has 7 nitrogen and oxygen atoms in total. The molecular formula is C19H25ClN4O3S. The molecule has 2 aromatic rings. The Labute approximate surface area is 174 Å². The van der Waals surface area contributed by atoms with Crippen LogP contribution in [0.4, 0.5) is 5.82 Å². The maximum atomic E-state index is 12.5. The third-order valence-electron chi connectivity index (χ3n) is 4.68. The standard InChI is InChI=1S/C19H24N4O3S.ClH/c1-13-7-17(22-26-13)21-18(24)11-27-12-19(25)23-9-15(8-20)16(10-23)14-5-3-2-4-6-14;/h2-7,15-16H,8-12,20H2,1H3,(H,21,22,24);1H/t15-,16+;/m1./s1. The van der Waals surface area contributed by atoms with Gasteiger partial charge in [-0.3, -0.25) is 9.59 Å². The van der Waals surface area contributed by atoms with Crippen LogP contribution in [0.15, 0.2) is 40.9 Å². The van der Waals surface area contributed by atoms with Crippen molar-refractivity contribution in [2.45, 2.75) is 12.8 Å². The second-order valence-corrected chi connectivity index (χ2v) is 7.66. The van der Waals surface area contributed by atoms with Gasteiger partial charge >= 0.3 is 0 Å². The van der Waals surface area contributed by atoms with E-state index in [1.807, 2.05) is 23.1 Å². The minimum absolute atomic E-state index is 0. The van der Waals surface area contributed by atoms with Gasteiger partial charge in [-0.1, -0.05) is 35.5 Å². The lowest BCUT2D eigenvalue weighted by Gasteiger charge is -2.16. The van der Waals surface area contributed by atoms with Crippen LogP contribution in [0.2, 0.25) is 0 Å². The first kappa shape index (κ1) is 22.3. The van der Waals surface area contributed by atoms with Gasteiger partial charge in [-0.2, -0.15) is 0 Å². The second kappa shape index (κ2) is 10.5. The highest BCUT2D eigenvalue weighted by atomic mass is 35.5. The minimum atomic E-state index is -0.204. The van der Waals surface area contributed by atoms with Crippen molar-refractivity contribution < 1.29 is 14.1 Å². The molecule has 3 rings (SSSR count). The fourth-order valence-electron chi connectivity index (χ4n) is 3.32. The number of hydrogen-bond acceptors (Lipinski definition) is 6. The van der Waals surface area contributed by atoms with Crippen LogP contribution in [-0.2, 0) is 9.59 Å². The van der Waals surface area contributed by atoms with Crippen molar-refractivity contribution in [3.8, 4) is 0 Å². The molecule has 1 fully saturated rings. The molecule has 0 radical (unpaired) electrons. The molecule has 1 aliphatic rings. The monoisotopic (exact) mass is 424 g/mol. The van der Waals surface area contributed by atoms with Gasteiger partial charge in [0.1, 0.15) is 5.76 Å². The number of benzene rings is 1. The van der Waals surface area contributed by atoms with Crippen LogP contribution in [0.25, 0.3) is 0 Å². The van der Waals surface area contributed by atoms with Crippen LogP contribution in [0, 0.1) is 12.8 Å². The lowest BCUT2D eigenvalue weighted by molar-refractivity contribution is -0.127. The molecule has 0 saturated carbocycles. The number of carbonyl (C=O) groups is 2. The molecule has 1 aromatic heterocycles. The van der Waals surface area contributed by atoms with Gasteiger partial charge in [-0.05, 0) is 24.9 Å². The van der Waals surface area contributed by atoms with Crippen LogP contribution in [0.3, 0.4) is 0 Å². The molecule has 1 aromatic carbocycles. The Morgan fingerprint density at radius 2 is 2.04 bits per heavy atom.